The van der Waals surface area contributed by atoms with Crippen molar-refractivity contribution in [3.8, 4) is 5.75 Å². The molecular formula is C19H25N5O. The molecule has 1 aromatic carbocycles. The van der Waals surface area contributed by atoms with E-state index in [4.69, 9.17) is 10.5 Å². The van der Waals surface area contributed by atoms with Crippen LogP contribution in [0.25, 0.3) is 0 Å². The summed E-state index contributed by atoms with van der Waals surface area (Å²) >= 11 is 0. The highest BCUT2D eigenvalue weighted by atomic mass is 16.5. The van der Waals surface area contributed by atoms with Gasteiger partial charge in [0, 0.05) is 36.7 Å². The van der Waals surface area contributed by atoms with Crippen molar-refractivity contribution < 1.29 is 4.74 Å². The number of rotatable bonds is 4. The van der Waals surface area contributed by atoms with Crippen molar-refractivity contribution in [1.29, 1.82) is 0 Å². The molecule has 5 rings (SSSR count). The molecule has 0 radical (unpaired) electrons. The molecule has 2 fully saturated rings. The van der Waals surface area contributed by atoms with Gasteiger partial charge in [0.1, 0.15) is 24.0 Å². The summed E-state index contributed by atoms with van der Waals surface area (Å²) in [5.74, 6) is 3.80. The van der Waals surface area contributed by atoms with Crippen LogP contribution in [0, 0.1) is 0 Å². The van der Waals surface area contributed by atoms with E-state index in [-0.39, 0.29) is 0 Å². The van der Waals surface area contributed by atoms with Crippen LogP contribution in [-0.4, -0.2) is 38.9 Å². The molecule has 2 N–H and O–H groups in total. The van der Waals surface area contributed by atoms with Crippen LogP contribution in [0.4, 0.5) is 0 Å². The number of fused-ring (bicyclic) bond motifs is 1. The fourth-order valence-corrected chi connectivity index (χ4v) is 4.04. The molecule has 3 aliphatic rings. The molecule has 1 aliphatic heterocycles. The Hall–Kier alpha value is -1.92. The topological polar surface area (TPSA) is 69.2 Å². The molecule has 0 saturated heterocycles. The average molecular weight is 339 g/mol. The summed E-state index contributed by atoms with van der Waals surface area (Å²) < 4.78 is 8.31. The van der Waals surface area contributed by atoms with Gasteiger partial charge in [-0.05, 0) is 31.7 Å². The zero-order chi connectivity index (χ0) is 16.8. The van der Waals surface area contributed by atoms with E-state index in [1.165, 1.54) is 24.2 Å². The summed E-state index contributed by atoms with van der Waals surface area (Å²) in [7, 11) is 0. The number of hydrogen-bond donors (Lipinski definition) is 1. The van der Waals surface area contributed by atoms with Crippen LogP contribution in [-0.2, 0) is 13.1 Å². The number of aromatic nitrogens is 3. The van der Waals surface area contributed by atoms with Crippen LogP contribution in [0.5, 0.6) is 5.75 Å². The highest BCUT2D eigenvalue weighted by molar-refractivity contribution is 5.33. The van der Waals surface area contributed by atoms with Crippen LogP contribution < -0.4 is 10.5 Å². The van der Waals surface area contributed by atoms with Gasteiger partial charge in [0.05, 0.1) is 6.54 Å². The molecule has 2 heterocycles. The average Bonchev–Trinajstić information content (AvgIpc) is 3.37. The van der Waals surface area contributed by atoms with Crippen LogP contribution in [0.1, 0.15) is 54.9 Å². The van der Waals surface area contributed by atoms with Crippen LogP contribution >= 0.6 is 0 Å². The van der Waals surface area contributed by atoms with Crippen molar-refractivity contribution in [3.63, 3.8) is 0 Å². The molecule has 6 nitrogen and oxygen atoms in total. The van der Waals surface area contributed by atoms with E-state index >= 15 is 0 Å². The zero-order valence-corrected chi connectivity index (χ0v) is 14.5. The SMILES string of the molecule is NC1CC(c2nnc(CN3CCOc4ccccc4C3)n2C2CC2)C1. The van der Waals surface area contributed by atoms with Gasteiger partial charge in [-0.3, -0.25) is 4.90 Å². The Morgan fingerprint density at radius 1 is 1.16 bits per heavy atom. The summed E-state index contributed by atoms with van der Waals surface area (Å²) in [5.41, 5.74) is 7.24. The second-order valence-electron chi connectivity index (χ2n) is 7.67. The second-order valence-corrected chi connectivity index (χ2v) is 7.67. The van der Waals surface area contributed by atoms with Crippen molar-refractivity contribution in [1.82, 2.24) is 19.7 Å². The Morgan fingerprint density at radius 3 is 2.80 bits per heavy atom. The number of benzene rings is 1. The summed E-state index contributed by atoms with van der Waals surface area (Å²) in [6.45, 7) is 3.37. The third kappa shape index (κ3) is 2.93. The normalized spacial score (nSPS) is 26.4. The van der Waals surface area contributed by atoms with E-state index in [0.717, 1.165) is 50.7 Å². The van der Waals surface area contributed by atoms with Gasteiger partial charge >= 0.3 is 0 Å². The smallest absolute Gasteiger partial charge is 0.147 e. The quantitative estimate of drug-likeness (QED) is 0.925. The molecule has 0 amide bonds. The number of hydrogen-bond acceptors (Lipinski definition) is 5. The monoisotopic (exact) mass is 339 g/mol. The summed E-state index contributed by atoms with van der Waals surface area (Å²) in [6, 6.07) is 9.28. The lowest BCUT2D eigenvalue weighted by Gasteiger charge is -2.32. The molecule has 0 atom stereocenters. The number of nitrogens with two attached hydrogens (primary N) is 1. The molecule has 2 aliphatic carbocycles. The Morgan fingerprint density at radius 2 is 2.00 bits per heavy atom. The Kier molecular flexibility index (Phi) is 3.75. The minimum atomic E-state index is 0.345. The van der Waals surface area contributed by atoms with Gasteiger partial charge in [-0.2, -0.15) is 0 Å². The van der Waals surface area contributed by atoms with Gasteiger partial charge in [0.15, 0.2) is 0 Å². The first-order valence-electron chi connectivity index (χ1n) is 9.40. The maximum atomic E-state index is 5.99. The first kappa shape index (κ1) is 15.3. The summed E-state index contributed by atoms with van der Waals surface area (Å²) in [6.07, 6.45) is 4.61. The van der Waals surface area contributed by atoms with Crippen LogP contribution in [0.15, 0.2) is 24.3 Å². The fourth-order valence-electron chi connectivity index (χ4n) is 4.04. The van der Waals surface area contributed by atoms with Crippen molar-refractivity contribution in [2.75, 3.05) is 13.2 Å². The van der Waals surface area contributed by atoms with Crippen molar-refractivity contribution >= 4 is 0 Å². The maximum Gasteiger partial charge on any atom is 0.147 e. The van der Waals surface area contributed by atoms with Crippen molar-refractivity contribution in [2.45, 2.75) is 56.8 Å². The standard InChI is InChI=1S/C19H25N5O/c20-15-9-14(10-15)19-22-21-18(24(19)16-5-6-16)12-23-7-8-25-17-4-2-1-3-13(17)11-23/h1-4,14-16H,5-12,20H2. The minimum absolute atomic E-state index is 0.345. The molecule has 25 heavy (non-hydrogen) atoms. The predicted molar refractivity (Wildman–Crippen MR) is 94.3 cm³/mol. The van der Waals surface area contributed by atoms with Gasteiger partial charge < -0.3 is 15.0 Å². The number of nitrogens with zero attached hydrogens (tertiary/aromatic N) is 4. The highest BCUT2D eigenvalue weighted by Gasteiger charge is 2.37. The van der Waals surface area contributed by atoms with E-state index in [9.17, 15) is 0 Å². The molecular weight excluding hydrogens is 314 g/mol. The fraction of sp³-hybridized carbons (Fsp3) is 0.579. The van der Waals surface area contributed by atoms with Crippen molar-refractivity contribution in [2.24, 2.45) is 5.73 Å². The Labute approximate surface area is 148 Å². The van der Waals surface area contributed by atoms with Gasteiger partial charge in [-0.25, -0.2) is 0 Å². The van der Waals surface area contributed by atoms with E-state index in [0.29, 0.717) is 18.0 Å². The molecule has 2 aromatic rings. The summed E-state index contributed by atoms with van der Waals surface area (Å²) in [4.78, 5) is 2.42. The van der Waals surface area contributed by atoms with Gasteiger partial charge in [-0.1, -0.05) is 18.2 Å². The molecule has 0 unspecified atom stereocenters. The molecule has 0 spiro atoms. The van der Waals surface area contributed by atoms with Gasteiger partial charge in [0.2, 0.25) is 0 Å². The van der Waals surface area contributed by atoms with Gasteiger partial charge in [0.25, 0.3) is 0 Å². The largest absolute Gasteiger partial charge is 0.492 e. The van der Waals surface area contributed by atoms with E-state index < -0.39 is 0 Å². The third-order valence-corrected chi connectivity index (χ3v) is 5.64. The highest BCUT2D eigenvalue weighted by Crippen LogP contribution is 2.42. The molecule has 132 valence electrons. The van der Waals surface area contributed by atoms with Crippen LogP contribution in [0.3, 0.4) is 0 Å². The van der Waals surface area contributed by atoms with E-state index in [2.05, 4.69) is 37.9 Å². The lowest BCUT2D eigenvalue weighted by molar-refractivity contribution is 0.212. The molecule has 6 heteroatoms. The summed E-state index contributed by atoms with van der Waals surface area (Å²) in [5, 5.41) is 9.14. The van der Waals surface area contributed by atoms with Crippen molar-refractivity contribution in [3.05, 3.63) is 41.5 Å². The third-order valence-electron chi connectivity index (χ3n) is 5.64. The predicted octanol–water partition coefficient (Wildman–Crippen LogP) is 2.21. The first-order valence-corrected chi connectivity index (χ1v) is 9.40. The lowest BCUT2D eigenvalue weighted by atomic mass is 9.80. The number of para-hydroxylation sites is 1. The van der Waals surface area contributed by atoms with E-state index in [1.54, 1.807) is 0 Å². The number of ether oxygens (including phenoxy) is 1. The first-order chi connectivity index (χ1) is 12.3. The minimum Gasteiger partial charge on any atom is -0.492 e. The maximum absolute atomic E-state index is 5.99. The Balaban J connectivity index is 1.37. The van der Waals surface area contributed by atoms with E-state index in [1.807, 2.05) is 6.07 Å². The van der Waals surface area contributed by atoms with Gasteiger partial charge in [-0.15, -0.1) is 10.2 Å². The second kappa shape index (κ2) is 6.11. The van der Waals surface area contributed by atoms with Crippen LogP contribution in [0.2, 0.25) is 0 Å². The molecule has 0 bridgehead atoms. The Bertz CT molecular complexity index is 763. The zero-order valence-electron chi connectivity index (χ0n) is 14.5. The molecule has 2 saturated carbocycles. The molecule has 1 aromatic heterocycles. The lowest BCUT2D eigenvalue weighted by Crippen LogP contribution is -2.36.